The van der Waals surface area contributed by atoms with Crippen LogP contribution < -0.4 is 0 Å². The molecule has 4 nitrogen and oxygen atoms in total. The predicted molar refractivity (Wildman–Crippen MR) is 113 cm³/mol. The molecule has 0 aromatic carbocycles. The third-order valence-corrected chi connectivity index (χ3v) is 4.07. The molecule has 0 bridgehead atoms. The van der Waals surface area contributed by atoms with Crippen LogP contribution in [0.15, 0.2) is 103 Å². The summed E-state index contributed by atoms with van der Waals surface area (Å²) in [6.07, 6.45) is 32.1. The van der Waals surface area contributed by atoms with E-state index in [9.17, 15) is 9.90 Å². The van der Waals surface area contributed by atoms with Crippen molar-refractivity contribution in [1.82, 2.24) is 9.97 Å². The van der Waals surface area contributed by atoms with E-state index in [1.807, 2.05) is 66.8 Å². The summed E-state index contributed by atoms with van der Waals surface area (Å²) in [6, 6.07) is 0. The second-order valence-corrected chi connectivity index (χ2v) is 5.99. The lowest BCUT2D eigenvalue weighted by atomic mass is 10.0. The van der Waals surface area contributed by atoms with E-state index in [0.29, 0.717) is 12.1 Å². The average molecular weight is 368 g/mol. The smallest absolute Gasteiger partial charge is 0.335 e. The Bertz CT molecular complexity index is 1010. The second-order valence-electron chi connectivity index (χ2n) is 5.99. The molecule has 0 saturated carbocycles. The Balaban J connectivity index is 2.04. The standard InChI is InChI=1S/C24H20N2O2/c27-24(28)20-14-12-10-8-6-4-2-1-3-5-7-9-11-13-19-15-16-21-23(19)22(17-20)26-18-25-21/h1-15,17-18H,16H2,(H,27,28). The maximum absolute atomic E-state index is 11.7. The van der Waals surface area contributed by atoms with Gasteiger partial charge in [0.1, 0.15) is 6.33 Å². The Kier molecular flexibility index (Phi) is 6.63. The van der Waals surface area contributed by atoms with Gasteiger partial charge in [0.2, 0.25) is 0 Å². The molecule has 1 N–H and O–H groups in total. The van der Waals surface area contributed by atoms with Crippen LogP contribution in [0.2, 0.25) is 0 Å². The number of hydrogen-bond donors (Lipinski definition) is 1. The fourth-order valence-corrected chi connectivity index (χ4v) is 2.76. The Morgan fingerprint density at radius 2 is 1.36 bits per heavy atom. The van der Waals surface area contributed by atoms with Crippen molar-refractivity contribution in [3.8, 4) is 0 Å². The zero-order valence-corrected chi connectivity index (χ0v) is 15.3. The van der Waals surface area contributed by atoms with E-state index in [1.54, 1.807) is 24.3 Å². The van der Waals surface area contributed by atoms with E-state index >= 15 is 0 Å². The molecular formula is C24H20N2O2. The van der Waals surface area contributed by atoms with E-state index in [4.69, 9.17) is 0 Å². The van der Waals surface area contributed by atoms with Crippen molar-refractivity contribution >= 4 is 17.6 Å². The largest absolute Gasteiger partial charge is 0.478 e. The van der Waals surface area contributed by atoms with Gasteiger partial charge in [0.05, 0.1) is 17.0 Å². The van der Waals surface area contributed by atoms with Crippen molar-refractivity contribution in [2.24, 2.45) is 0 Å². The van der Waals surface area contributed by atoms with Crippen LogP contribution in [0.4, 0.5) is 0 Å². The number of carboxylic acid groups (broad SMARTS) is 1. The highest BCUT2D eigenvalue weighted by molar-refractivity contribution is 5.96. The van der Waals surface area contributed by atoms with E-state index < -0.39 is 5.97 Å². The first-order valence-corrected chi connectivity index (χ1v) is 8.93. The van der Waals surface area contributed by atoms with Gasteiger partial charge in [-0.2, -0.15) is 0 Å². The first-order valence-electron chi connectivity index (χ1n) is 8.93. The second kappa shape index (κ2) is 9.78. The van der Waals surface area contributed by atoms with Crippen molar-refractivity contribution in [3.63, 3.8) is 0 Å². The van der Waals surface area contributed by atoms with Gasteiger partial charge in [-0.3, -0.25) is 0 Å². The molecule has 138 valence electrons. The van der Waals surface area contributed by atoms with Gasteiger partial charge in [0, 0.05) is 12.0 Å². The van der Waals surface area contributed by atoms with E-state index in [0.717, 1.165) is 16.8 Å². The van der Waals surface area contributed by atoms with Crippen molar-refractivity contribution in [3.05, 3.63) is 120 Å². The molecule has 2 aliphatic carbocycles. The fraction of sp³-hybridized carbons (Fsp3) is 0.0417. The van der Waals surface area contributed by atoms with Crippen LogP contribution in [0, 0.1) is 0 Å². The monoisotopic (exact) mass is 368 g/mol. The summed E-state index contributed by atoms with van der Waals surface area (Å²) in [5.41, 5.74) is 3.54. The summed E-state index contributed by atoms with van der Waals surface area (Å²) in [5, 5.41) is 9.55. The van der Waals surface area contributed by atoms with E-state index in [1.165, 1.54) is 6.33 Å². The van der Waals surface area contributed by atoms with E-state index in [-0.39, 0.29) is 5.57 Å². The predicted octanol–water partition coefficient (Wildman–Crippen LogP) is 4.79. The lowest BCUT2D eigenvalue weighted by Crippen LogP contribution is -2.01. The van der Waals surface area contributed by atoms with Gasteiger partial charge in [-0.1, -0.05) is 85.1 Å². The summed E-state index contributed by atoms with van der Waals surface area (Å²) in [4.78, 5) is 20.3. The minimum atomic E-state index is -1.01. The number of carboxylic acids is 1. The summed E-state index contributed by atoms with van der Waals surface area (Å²) in [7, 11) is 0. The summed E-state index contributed by atoms with van der Waals surface area (Å²) < 4.78 is 0. The number of aliphatic carboxylic acids is 1. The molecule has 2 aliphatic rings. The number of carbonyl (C=O) groups is 1. The first-order chi connectivity index (χ1) is 13.8. The molecule has 3 rings (SSSR count). The lowest BCUT2D eigenvalue weighted by molar-refractivity contribution is -0.132. The van der Waals surface area contributed by atoms with Crippen LogP contribution in [-0.4, -0.2) is 21.0 Å². The number of nitrogens with zero attached hydrogens (tertiary/aromatic N) is 2. The van der Waals surface area contributed by atoms with Crippen LogP contribution in [0.3, 0.4) is 0 Å². The van der Waals surface area contributed by atoms with Crippen LogP contribution in [0.5, 0.6) is 0 Å². The molecule has 1 heterocycles. The highest BCUT2D eigenvalue weighted by Crippen LogP contribution is 2.30. The van der Waals surface area contributed by atoms with E-state index in [2.05, 4.69) is 16.0 Å². The van der Waals surface area contributed by atoms with Crippen molar-refractivity contribution in [2.45, 2.75) is 6.42 Å². The molecular weight excluding hydrogens is 348 g/mol. The molecule has 0 unspecified atom stereocenters. The molecule has 28 heavy (non-hydrogen) atoms. The van der Waals surface area contributed by atoms with Crippen LogP contribution in [0.1, 0.15) is 17.0 Å². The average Bonchev–Trinajstić information content (AvgIpc) is 3.10. The SMILES string of the molecule is O=C(O)C1=Cc2ncnc3c2C(=CC3)C=CC=CC=CC=CC=CC=CC=C1. The molecule has 0 radical (unpaired) electrons. The zero-order valence-electron chi connectivity index (χ0n) is 15.3. The summed E-state index contributed by atoms with van der Waals surface area (Å²) in [6.45, 7) is 0. The van der Waals surface area contributed by atoms with Gasteiger partial charge in [-0.25, -0.2) is 14.8 Å². The number of rotatable bonds is 1. The van der Waals surface area contributed by atoms with Gasteiger partial charge < -0.3 is 5.11 Å². The first kappa shape index (κ1) is 19.0. The van der Waals surface area contributed by atoms with Gasteiger partial charge in [0.25, 0.3) is 0 Å². The van der Waals surface area contributed by atoms with Crippen LogP contribution in [0.25, 0.3) is 11.6 Å². The zero-order chi connectivity index (χ0) is 19.6. The fourth-order valence-electron chi connectivity index (χ4n) is 2.76. The molecule has 0 saturated heterocycles. The Morgan fingerprint density at radius 1 is 0.786 bits per heavy atom. The van der Waals surface area contributed by atoms with Crippen LogP contribution >= 0.6 is 0 Å². The van der Waals surface area contributed by atoms with Crippen molar-refractivity contribution in [1.29, 1.82) is 0 Å². The minimum absolute atomic E-state index is 0.159. The molecule has 4 heteroatoms. The summed E-state index contributed by atoms with van der Waals surface area (Å²) in [5.74, 6) is -1.01. The molecule has 1 aromatic heterocycles. The maximum atomic E-state index is 11.7. The lowest BCUT2D eigenvalue weighted by Gasteiger charge is -2.06. The van der Waals surface area contributed by atoms with Gasteiger partial charge >= 0.3 is 5.97 Å². The molecule has 0 amide bonds. The van der Waals surface area contributed by atoms with Gasteiger partial charge in [0.15, 0.2) is 0 Å². The minimum Gasteiger partial charge on any atom is -0.478 e. The molecule has 0 fully saturated rings. The quantitative estimate of drug-likeness (QED) is 0.774. The van der Waals surface area contributed by atoms with Crippen molar-refractivity contribution in [2.75, 3.05) is 0 Å². The van der Waals surface area contributed by atoms with Crippen LogP contribution in [-0.2, 0) is 11.2 Å². The summed E-state index contributed by atoms with van der Waals surface area (Å²) >= 11 is 0. The maximum Gasteiger partial charge on any atom is 0.335 e. The molecule has 0 aliphatic heterocycles. The third-order valence-electron chi connectivity index (χ3n) is 4.07. The Labute approximate surface area is 164 Å². The molecule has 0 spiro atoms. The number of allylic oxidation sites excluding steroid dienone is 15. The Morgan fingerprint density at radius 3 is 1.96 bits per heavy atom. The van der Waals surface area contributed by atoms with Gasteiger partial charge in [-0.05, 0) is 17.7 Å². The third kappa shape index (κ3) is 5.11. The van der Waals surface area contributed by atoms with Crippen molar-refractivity contribution < 1.29 is 9.90 Å². The Hall–Kier alpha value is -3.79. The topological polar surface area (TPSA) is 63.1 Å². The van der Waals surface area contributed by atoms with Gasteiger partial charge in [-0.15, -0.1) is 0 Å². The molecule has 1 aromatic rings. The highest BCUT2D eigenvalue weighted by Gasteiger charge is 2.18. The molecule has 0 atom stereocenters. The highest BCUT2D eigenvalue weighted by atomic mass is 16.4. The number of hydrogen-bond acceptors (Lipinski definition) is 3. The normalized spacial score (nSPS) is 16.1. The number of aromatic nitrogens is 2.